The molecule has 1 aromatic heterocycles. The van der Waals surface area contributed by atoms with Gasteiger partial charge in [0.15, 0.2) is 0 Å². The van der Waals surface area contributed by atoms with Gasteiger partial charge in [-0.3, -0.25) is 4.90 Å². The number of piperazine rings is 1. The fourth-order valence-corrected chi connectivity index (χ4v) is 2.84. The predicted octanol–water partition coefficient (Wildman–Crippen LogP) is 1.92. The van der Waals surface area contributed by atoms with Gasteiger partial charge in [0, 0.05) is 44.7 Å². The third-order valence-electron chi connectivity index (χ3n) is 4.27. The van der Waals surface area contributed by atoms with Crippen LogP contribution >= 0.6 is 0 Å². The maximum atomic E-state index is 4.77. The van der Waals surface area contributed by atoms with Crippen LogP contribution < -0.4 is 10.2 Å². The Labute approximate surface area is 122 Å². The average molecular weight is 277 g/mol. The second-order valence-corrected chi connectivity index (χ2v) is 5.53. The Morgan fingerprint density at radius 2 is 2.00 bits per heavy atom. The van der Waals surface area contributed by atoms with Crippen molar-refractivity contribution in [2.45, 2.75) is 39.7 Å². The summed E-state index contributed by atoms with van der Waals surface area (Å²) in [5.41, 5.74) is 1.16. The Kier molecular flexibility index (Phi) is 4.81. The van der Waals surface area contributed by atoms with Gasteiger partial charge in [0.25, 0.3) is 0 Å². The van der Waals surface area contributed by atoms with Crippen LogP contribution in [0.4, 0.5) is 11.6 Å². The number of hydrogen-bond donors (Lipinski definition) is 1. The van der Waals surface area contributed by atoms with Crippen molar-refractivity contribution in [1.29, 1.82) is 0 Å². The van der Waals surface area contributed by atoms with Gasteiger partial charge in [0.1, 0.15) is 17.5 Å². The summed E-state index contributed by atoms with van der Waals surface area (Å²) in [6.07, 6.45) is 2.05. The van der Waals surface area contributed by atoms with Gasteiger partial charge in [-0.2, -0.15) is 0 Å². The lowest BCUT2D eigenvalue weighted by Crippen LogP contribution is -2.51. The van der Waals surface area contributed by atoms with Gasteiger partial charge in [-0.05, 0) is 20.4 Å². The minimum Gasteiger partial charge on any atom is -0.373 e. The average Bonchev–Trinajstić information content (AvgIpc) is 2.48. The van der Waals surface area contributed by atoms with Crippen molar-refractivity contribution < 1.29 is 0 Å². The third-order valence-corrected chi connectivity index (χ3v) is 4.27. The van der Waals surface area contributed by atoms with Crippen LogP contribution in [0.25, 0.3) is 0 Å². The molecule has 1 saturated heterocycles. The second-order valence-electron chi connectivity index (χ2n) is 5.53. The molecule has 20 heavy (non-hydrogen) atoms. The van der Waals surface area contributed by atoms with E-state index in [0.29, 0.717) is 6.04 Å². The quantitative estimate of drug-likeness (QED) is 0.911. The van der Waals surface area contributed by atoms with Crippen LogP contribution in [0.15, 0.2) is 0 Å². The van der Waals surface area contributed by atoms with Gasteiger partial charge in [-0.1, -0.05) is 13.8 Å². The topological polar surface area (TPSA) is 44.3 Å². The van der Waals surface area contributed by atoms with Gasteiger partial charge < -0.3 is 10.2 Å². The van der Waals surface area contributed by atoms with Crippen molar-refractivity contribution in [3.05, 3.63) is 11.4 Å². The summed E-state index contributed by atoms with van der Waals surface area (Å²) in [6.45, 7) is 9.66. The lowest BCUT2D eigenvalue weighted by Gasteiger charge is -2.40. The highest BCUT2D eigenvalue weighted by molar-refractivity contribution is 5.58. The maximum absolute atomic E-state index is 4.77. The molecule has 1 aliphatic heterocycles. The van der Waals surface area contributed by atoms with Crippen LogP contribution in [-0.4, -0.2) is 54.6 Å². The first kappa shape index (κ1) is 15.0. The smallest absolute Gasteiger partial charge is 0.137 e. The fraction of sp³-hybridized carbons (Fsp3) is 0.733. The highest BCUT2D eigenvalue weighted by Gasteiger charge is 2.25. The van der Waals surface area contributed by atoms with E-state index in [1.54, 1.807) is 0 Å². The van der Waals surface area contributed by atoms with E-state index in [1.165, 1.54) is 6.42 Å². The van der Waals surface area contributed by atoms with E-state index in [2.05, 4.69) is 47.9 Å². The van der Waals surface area contributed by atoms with Crippen LogP contribution in [0.3, 0.4) is 0 Å². The molecule has 112 valence electrons. The molecule has 1 atom stereocenters. The van der Waals surface area contributed by atoms with Crippen molar-refractivity contribution in [3.63, 3.8) is 0 Å². The van der Waals surface area contributed by atoms with Gasteiger partial charge in [-0.15, -0.1) is 0 Å². The molecule has 0 amide bonds. The van der Waals surface area contributed by atoms with E-state index in [-0.39, 0.29) is 0 Å². The molecule has 0 aromatic carbocycles. The highest BCUT2D eigenvalue weighted by atomic mass is 15.3. The molecule has 1 fully saturated rings. The van der Waals surface area contributed by atoms with E-state index >= 15 is 0 Å². The number of aromatic nitrogens is 2. The second kappa shape index (κ2) is 6.39. The molecule has 1 N–H and O–H groups in total. The monoisotopic (exact) mass is 277 g/mol. The molecule has 5 nitrogen and oxygen atoms in total. The predicted molar refractivity (Wildman–Crippen MR) is 84.6 cm³/mol. The first-order valence-corrected chi connectivity index (χ1v) is 7.61. The normalized spacial score (nSPS) is 20.2. The van der Waals surface area contributed by atoms with Crippen molar-refractivity contribution in [2.24, 2.45) is 0 Å². The molecule has 1 aliphatic rings. The zero-order valence-electron chi connectivity index (χ0n) is 13.4. The number of hydrogen-bond acceptors (Lipinski definition) is 5. The SMILES string of the molecule is CCc1nc(NC)c(C)c(N2CCN(C)C(CC)C2)n1. The molecule has 0 bridgehead atoms. The summed E-state index contributed by atoms with van der Waals surface area (Å²) in [6, 6.07) is 0.612. The molecule has 0 saturated carbocycles. The Balaban J connectivity index is 2.32. The summed E-state index contributed by atoms with van der Waals surface area (Å²) in [7, 11) is 4.15. The molecule has 0 aliphatic carbocycles. The molecule has 2 heterocycles. The number of nitrogens with zero attached hydrogens (tertiary/aromatic N) is 4. The largest absolute Gasteiger partial charge is 0.373 e. The Bertz CT molecular complexity index is 460. The molecular weight excluding hydrogens is 250 g/mol. The third kappa shape index (κ3) is 2.87. The standard InChI is InChI=1S/C15H27N5/c1-6-12-10-20(9-8-19(12)5)15-11(3)14(16-4)17-13(7-2)18-15/h12H,6-10H2,1-5H3,(H,16,17,18). The van der Waals surface area contributed by atoms with E-state index in [1.807, 2.05) is 7.05 Å². The summed E-state index contributed by atoms with van der Waals surface area (Å²) in [5.74, 6) is 2.98. The van der Waals surface area contributed by atoms with Crippen molar-refractivity contribution in [1.82, 2.24) is 14.9 Å². The van der Waals surface area contributed by atoms with E-state index < -0.39 is 0 Å². The van der Waals surface area contributed by atoms with Crippen LogP contribution in [0.5, 0.6) is 0 Å². The van der Waals surface area contributed by atoms with E-state index in [0.717, 1.165) is 49.1 Å². The summed E-state index contributed by atoms with van der Waals surface area (Å²) >= 11 is 0. The number of aryl methyl sites for hydroxylation is 1. The fourth-order valence-electron chi connectivity index (χ4n) is 2.84. The first-order chi connectivity index (χ1) is 9.60. The van der Waals surface area contributed by atoms with Crippen LogP contribution in [-0.2, 0) is 6.42 Å². The molecular formula is C15H27N5. The Morgan fingerprint density at radius 3 is 2.60 bits per heavy atom. The number of anilines is 2. The van der Waals surface area contributed by atoms with E-state index in [4.69, 9.17) is 4.98 Å². The molecule has 1 unspecified atom stereocenters. The summed E-state index contributed by atoms with van der Waals surface area (Å²) < 4.78 is 0. The zero-order chi connectivity index (χ0) is 14.7. The van der Waals surface area contributed by atoms with Gasteiger partial charge in [-0.25, -0.2) is 9.97 Å². The molecule has 2 rings (SSSR count). The first-order valence-electron chi connectivity index (χ1n) is 7.61. The number of rotatable bonds is 4. The van der Waals surface area contributed by atoms with Gasteiger partial charge in [0.05, 0.1) is 0 Å². The Morgan fingerprint density at radius 1 is 1.25 bits per heavy atom. The number of likely N-dealkylation sites (N-methyl/N-ethyl adjacent to an activating group) is 1. The molecule has 5 heteroatoms. The lowest BCUT2D eigenvalue weighted by molar-refractivity contribution is 0.212. The van der Waals surface area contributed by atoms with Gasteiger partial charge in [0.2, 0.25) is 0 Å². The van der Waals surface area contributed by atoms with Crippen LogP contribution in [0.1, 0.15) is 31.7 Å². The molecule has 1 aromatic rings. The van der Waals surface area contributed by atoms with E-state index in [9.17, 15) is 0 Å². The maximum Gasteiger partial charge on any atom is 0.137 e. The van der Waals surface area contributed by atoms with Gasteiger partial charge >= 0.3 is 0 Å². The summed E-state index contributed by atoms with van der Waals surface area (Å²) in [4.78, 5) is 14.2. The lowest BCUT2D eigenvalue weighted by atomic mass is 10.1. The Hall–Kier alpha value is -1.36. The van der Waals surface area contributed by atoms with Crippen molar-refractivity contribution in [3.8, 4) is 0 Å². The minimum absolute atomic E-state index is 0.612. The van der Waals surface area contributed by atoms with Crippen molar-refractivity contribution in [2.75, 3.05) is 43.9 Å². The minimum atomic E-state index is 0.612. The number of nitrogens with one attached hydrogen (secondary N) is 1. The van der Waals surface area contributed by atoms with Crippen LogP contribution in [0, 0.1) is 6.92 Å². The van der Waals surface area contributed by atoms with Crippen LogP contribution in [0.2, 0.25) is 0 Å². The molecule has 0 radical (unpaired) electrons. The summed E-state index contributed by atoms with van der Waals surface area (Å²) in [5, 5.41) is 3.20. The zero-order valence-corrected chi connectivity index (χ0v) is 13.4. The van der Waals surface area contributed by atoms with Crippen molar-refractivity contribution >= 4 is 11.6 Å². The molecule has 0 spiro atoms. The highest BCUT2D eigenvalue weighted by Crippen LogP contribution is 2.26.